The summed E-state index contributed by atoms with van der Waals surface area (Å²) in [5.74, 6) is 0. The fourth-order valence-electron chi connectivity index (χ4n) is 2.55. The van der Waals surface area contributed by atoms with Gasteiger partial charge in [-0.1, -0.05) is 38.1 Å². The van der Waals surface area contributed by atoms with Crippen molar-refractivity contribution in [3.63, 3.8) is 0 Å². The molecule has 3 nitrogen and oxygen atoms in total. The predicted octanol–water partition coefficient (Wildman–Crippen LogP) is 2.88. The van der Waals surface area contributed by atoms with Crippen molar-refractivity contribution in [3.05, 3.63) is 53.3 Å². The fraction of sp³-hybridized carbons (Fsp3) is 0.438. The van der Waals surface area contributed by atoms with E-state index in [2.05, 4.69) is 54.7 Å². The summed E-state index contributed by atoms with van der Waals surface area (Å²) < 4.78 is 1.87. The summed E-state index contributed by atoms with van der Waals surface area (Å²) in [7, 11) is 1.96. The summed E-state index contributed by atoms with van der Waals surface area (Å²) in [4.78, 5) is 0. The Morgan fingerprint density at radius 2 is 2.05 bits per heavy atom. The van der Waals surface area contributed by atoms with E-state index in [9.17, 15) is 0 Å². The number of nitrogens with zero attached hydrogens (tertiary/aromatic N) is 2. The topological polar surface area (TPSA) is 29.9 Å². The van der Waals surface area contributed by atoms with Crippen molar-refractivity contribution in [1.82, 2.24) is 15.1 Å². The molecule has 1 aromatic carbocycles. The van der Waals surface area contributed by atoms with Crippen molar-refractivity contribution in [3.8, 4) is 0 Å². The van der Waals surface area contributed by atoms with Gasteiger partial charge in [-0.05, 0) is 36.1 Å². The maximum Gasteiger partial charge on any atom is 0.0522 e. The first-order chi connectivity index (χ1) is 9.24. The number of hydrogen-bond donors (Lipinski definition) is 1. The van der Waals surface area contributed by atoms with Crippen LogP contribution in [0.3, 0.4) is 0 Å². The van der Waals surface area contributed by atoms with E-state index in [0.29, 0.717) is 6.04 Å². The molecule has 0 aliphatic rings. The third-order valence-electron chi connectivity index (χ3n) is 3.46. The molecule has 0 aliphatic heterocycles. The normalized spacial score (nSPS) is 12.6. The molecule has 19 heavy (non-hydrogen) atoms. The van der Waals surface area contributed by atoms with Gasteiger partial charge >= 0.3 is 0 Å². The maximum absolute atomic E-state index is 4.25. The molecule has 2 aromatic rings. The molecule has 0 amide bonds. The average Bonchev–Trinajstić information content (AvgIpc) is 2.84. The number of likely N-dealkylation sites (N-methyl/N-ethyl adjacent to an activating group) is 1. The molecule has 1 aromatic heterocycles. The molecule has 0 saturated heterocycles. The minimum absolute atomic E-state index is 0.366. The van der Waals surface area contributed by atoms with Crippen molar-refractivity contribution >= 4 is 0 Å². The summed E-state index contributed by atoms with van der Waals surface area (Å²) in [5, 5.41) is 7.85. The predicted molar refractivity (Wildman–Crippen MR) is 79.1 cm³/mol. The number of rotatable bonds is 6. The second kappa shape index (κ2) is 6.53. The zero-order valence-electron chi connectivity index (χ0n) is 12.1. The van der Waals surface area contributed by atoms with E-state index in [-0.39, 0.29) is 0 Å². The average molecular weight is 257 g/mol. The highest BCUT2D eigenvalue weighted by Crippen LogP contribution is 2.22. The van der Waals surface area contributed by atoms with Crippen LogP contribution < -0.4 is 5.32 Å². The molecular weight excluding hydrogens is 234 g/mol. The molecule has 102 valence electrons. The molecule has 1 N–H and O–H groups in total. The van der Waals surface area contributed by atoms with Gasteiger partial charge in [-0.3, -0.25) is 4.68 Å². The van der Waals surface area contributed by atoms with Crippen molar-refractivity contribution < 1.29 is 0 Å². The van der Waals surface area contributed by atoms with Gasteiger partial charge in [0, 0.05) is 19.3 Å². The van der Waals surface area contributed by atoms with Gasteiger partial charge in [0.25, 0.3) is 0 Å². The second-order valence-electron chi connectivity index (χ2n) is 4.89. The highest BCUT2D eigenvalue weighted by molar-refractivity contribution is 5.31. The van der Waals surface area contributed by atoms with Crippen molar-refractivity contribution in [2.45, 2.75) is 32.7 Å². The first kappa shape index (κ1) is 13.8. The number of aromatic nitrogens is 2. The molecule has 1 unspecified atom stereocenters. The van der Waals surface area contributed by atoms with Crippen LogP contribution in [0.5, 0.6) is 0 Å². The molecule has 0 saturated carbocycles. The van der Waals surface area contributed by atoms with Crippen LogP contribution in [0.2, 0.25) is 0 Å². The Bertz CT molecular complexity index is 516. The Labute approximate surface area is 115 Å². The van der Waals surface area contributed by atoms with Crippen LogP contribution >= 0.6 is 0 Å². The van der Waals surface area contributed by atoms with Gasteiger partial charge in [-0.15, -0.1) is 0 Å². The molecule has 3 heteroatoms. The number of hydrogen-bond acceptors (Lipinski definition) is 2. The fourth-order valence-corrected chi connectivity index (χ4v) is 2.55. The molecule has 0 bridgehead atoms. The summed E-state index contributed by atoms with van der Waals surface area (Å²) >= 11 is 0. The molecule has 2 rings (SSSR count). The van der Waals surface area contributed by atoms with Crippen LogP contribution in [0.1, 0.15) is 36.6 Å². The van der Waals surface area contributed by atoms with Crippen LogP contribution in [0.4, 0.5) is 0 Å². The number of nitrogens with one attached hydrogen (secondary N) is 1. The Hall–Kier alpha value is -1.61. The quantitative estimate of drug-likeness (QED) is 0.862. The van der Waals surface area contributed by atoms with E-state index in [1.165, 1.54) is 16.7 Å². The molecule has 0 aliphatic carbocycles. The van der Waals surface area contributed by atoms with Gasteiger partial charge in [-0.2, -0.15) is 5.10 Å². The third kappa shape index (κ3) is 3.44. The smallest absolute Gasteiger partial charge is 0.0522 e. The standard InChI is InChI=1S/C16H23N3/c1-4-14-8-6-7-9-15(14)16(17-5-2)10-13-11-18-19(3)12-13/h6-9,11-12,16-17H,4-5,10H2,1-3H3. The Morgan fingerprint density at radius 1 is 1.26 bits per heavy atom. The largest absolute Gasteiger partial charge is 0.310 e. The van der Waals surface area contributed by atoms with Crippen LogP contribution in [0.15, 0.2) is 36.7 Å². The second-order valence-corrected chi connectivity index (χ2v) is 4.89. The molecular formula is C16H23N3. The first-order valence-corrected chi connectivity index (χ1v) is 7.03. The summed E-state index contributed by atoms with van der Waals surface area (Å²) in [5.41, 5.74) is 4.12. The van der Waals surface area contributed by atoms with E-state index in [1.807, 2.05) is 17.9 Å². The molecule has 1 atom stereocenters. The molecule has 0 fully saturated rings. The minimum Gasteiger partial charge on any atom is -0.310 e. The summed E-state index contributed by atoms with van der Waals surface area (Å²) in [6, 6.07) is 9.08. The molecule has 1 heterocycles. The van der Waals surface area contributed by atoms with Gasteiger partial charge in [-0.25, -0.2) is 0 Å². The van der Waals surface area contributed by atoms with Crippen LogP contribution in [0.25, 0.3) is 0 Å². The summed E-state index contributed by atoms with van der Waals surface area (Å²) in [6.07, 6.45) is 6.11. The van der Waals surface area contributed by atoms with Gasteiger partial charge in [0.2, 0.25) is 0 Å². The lowest BCUT2D eigenvalue weighted by atomic mass is 9.94. The van der Waals surface area contributed by atoms with Crippen LogP contribution in [-0.2, 0) is 19.9 Å². The lowest BCUT2D eigenvalue weighted by Gasteiger charge is -2.20. The lowest BCUT2D eigenvalue weighted by Crippen LogP contribution is -2.24. The summed E-state index contributed by atoms with van der Waals surface area (Å²) in [6.45, 7) is 5.35. The van der Waals surface area contributed by atoms with E-state index in [4.69, 9.17) is 0 Å². The monoisotopic (exact) mass is 257 g/mol. The van der Waals surface area contributed by atoms with E-state index in [0.717, 1.165) is 19.4 Å². The van der Waals surface area contributed by atoms with Crippen molar-refractivity contribution in [1.29, 1.82) is 0 Å². The SMILES string of the molecule is CCNC(Cc1cnn(C)c1)c1ccccc1CC. The van der Waals surface area contributed by atoms with Crippen molar-refractivity contribution in [2.75, 3.05) is 6.54 Å². The number of aryl methyl sites for hydroxylation is 2. The molecule has 0 radical (unpaired) electrons. The zero-order valence-corrected chi connectivity index (χ0v) is 12.1. The highest BCUT2D eigenvalue weighted by atomic mass is 15.2. The highest BCUT2D eigenvalue weighted by Gasteiger charge is 2.14. The zero-order chi connectivity index (χ0) is 13.7. The Kier molecular flexibility index (Phi) is 4.74. The lowest BCUT2D eigenvalue weighted by molar-refractivity contribution is 0.545. The van der Waals surface area contributed by atoms with E-state index < -0.39 is 0 Å². The van der Waals surface area contributed by atoms with Gasteiger partial charge in [0.05, 0.1) is 6.20 Å². The number of benzene rings is 1. The first-order valence-electron chi connectivity index (χ1n) is 7.03. The third-order valence-corrected chi connectivity index (χ3v) is 3.46. The molecule has 0 spiro atoms. The Balaban J connectivity index is 2.23. The van der Waals surface area contributed by atoms with Crippen LogP contribution in [-0.4, -0.2) is 16.3 Å². The van der Waals surface area contributed by atoms with Gasteiger partial charge < -0.3 is 5.32 Å². The van der Waals surface area contributed by atoms with Crippen LogP contribution in [0, 0.1) is 0 Å². The van der Waals surface area contributed by atoms with E-state index >= 15 is 0 Å². The van der Waals surface area contributed by atoms with Crippen molar-refractivity contribution in [2.24, 2.45) is 7.05 Å². The van der Waals surface area contributed by atoms with Gasteiger partial charge in [0.15, 0.2) is 0 Å². The Morgan fingerprint density at radius 3 is 2.68 bits per heavy atom. The maximum atomic E-state index is 4.25. The van der Waals surface area contributed by atoms with Gasteiger partial charge in [0.1, 0.15) is 0 Å². The minimum atomic E-state index is 0.366. The van der Waals surface area contributed by atoms with E-state index in [1.54, 1.807) is 0 Å².